The molecular weight excluding hydrogens is 207 g/mol. The SMILES string of the molecule is O=c1[nH]ccn1-c1ccc(Cl)cc1F. The van der Waals surface area contributed by atoms with Crippen LogP contribution < -0.4 is 5.69 Å². The molecule has 0 aliphatic rings. The highest BCUT2D eigenvalue weighted by atomic mass is 35.5. The smallest absolute Gasteiger partial charge is 0.312 e. The van der Waals surface area contributed by atoms with Gasteiger partial charge in [0, 0.05) is 17.4 Å². The number of halogens is 2. The standard InChI is InChI=1S/C9H6ClFN2O/c10-6-1-2-8(7(11)5-6)13-4-3-12-9(13)14/h1-5H,(H,12,14). The van der Waals surface area contributed by atoms with Crippen LogP contribution in [0.3, 0.4) is 0 Å². The van der Waals surface area contributed by atoms with E-state index in [9.17, 15) is 9.18 Å². The van der Waals surface area contributed by atoms with E-state index < -0.39 is 5.82 Å². The van der Waals surface area contributed by atoms with Crippen LogP contribution in [0.1, 0.15) is 0 Å². The van der Waals surface area contributed by atoms with Crippen molar-refractivity contribution in [2.45, 2.75) is 0 Å². The lowest BCUT2D eigenvalue weighted by Crippen LogP contribution is -2.15. The van der Waals surface area contributed by atoms with E-state index in [1.807, 2.05) is 0 Å². The summed E-state index contributed by atoms with van der Waals surface area (Å²) in [7, 11) is 0. The van der Waals surface area contributed by atoms with Crippen molar-refractivity contribution in [3.8, 4) is 5.69 Å². The summed E-state index contributed by atoms with van der Waals surface area (Å²) in [6.45, 7) is 0. The molecule has 0 spiro atoms. The zero-order valence-corrected chi connectivity index (χ0v) is 7.75. The Hall–Kier alpha value is -1.55. The number of nitrogens with zero attached hydrogens (tertiary/aromatic N) is 1. The second kappa shape index (κ2) is 3.31. The minimum Gasteiger partial charge on any atom is -0.312 e. The number of imidazole rings is 1. The fourth-order valence-corrected chi connectivity index (χ4v) is 1.35. The van der Waals surface area contributed by atoms with Gasteiger partial charge in [0.1, 0.15) is 5.82 Å². The predicted molar refractivity (Wildman–Crippen MR) is 51.4 cm³/mol. The first-order valence-corrected chi connectivity index (χ1v) is 4.28. The summed E-state index contributed by atoms with van der Waals surface area (Å²) in [4.78, 5) is 13.6. The van der Waals surface area contributed by atoms with E-state index in [2.05, 4.69) is 4.98 Å². The lowest BCUT2D eigenvalue weighted by molar-refractivity contribution is 0.616. The van der Waals surface area contributed by atoms with E-state index in [0.29, 0.717) is 5.02 Å². The van der Waals surface area contributed by atoms with E-state index in [1.54, 1.807) is 0 Å². The van der Waals surface area contributed by atoms with Crippen LogP contribution in [0, 0.1) is 5.82 Å². The Bertz CT molecular complexity index is 518. The second-order valence-corrected chi connectivity index (χ2v) is 3.17. The molecule has 0 aliphatic carbocycles. The summed E-state index contributed by atoms with van der Waals surface area (Å²) in [6, 6.07) is 4.14. The number of aromatic nitrogens is 2. The van der Waals surface area contributed by atoms with Gasteiger partial charge in [-0.2, -0.15) is 0 Å². The third-order valence-electron chi connectivity index (χ3n) is 1.82. The third kappa shape index (κ3) is 1.44. The molecule has 0 bridgehead atoms. The Kier molecular flexibility index (Phi) is 2.13. The number of hydrogen-bond donors (Lipinski definition) is 1. The highest BCUT2D eigenvalue weighted by molar-refractivity contribution is 6.30. The zero-order valence-electron chi connectivity index (χ0n) is 7.00. The molecule has 1 aromatic carbocycles. The van der Waals surface area contributed by atoms with Gasteiger partial charge in [-0.1, -0.05) is 11.6 Å². The molecule has 0 atom stereocenters. The molecule has 2 rings (SSSR count). The van der Waals surface area contributed by atoms with Crippen molar-refractivity contribution in [2.24, 2.45) is 0 Å². The summed E-state index contributed by atoms with van der Waals surface area (Å²) < 4.78 is 14.5. The predicted octanol–water partition coefficient (Wildman–Crippen LogP) is 1.96. The molecule has 0 radical (unpaired) electrons. The van der Waals surface area contributed by atoms with Crippen molar-refractivity contribution in [1.82, 2.24) is 9.55 Å². The van der Waals surface area contributed by atoms with E-state index >= 15 is 0 Å². The average molecular weight is 213 g/mol. The number of hydrogen-bond acceptors (Lipinski definition) is 1. The van der Waals surface area contributed by atoms with Gasteiger partial charge < -0.3 is 4.98 Å². The first-order valence-electron chi connectivity index (χ1n) is 3.90. The molecule has 72 valence electrons. The van der Waals surface area contributed by atoms with Crippen LogP contribution in [0.4, 0.5) is 4.39 Å². The van der Waals surface area contributed by atoms with Gasteiger partial charge in [0.2, 0.25) is 0 Å². The van der Waals surface area contributed by atoms with E-state index in [1.165, 1.54) is 29.1 Å². The molecule has 5 heteroatoms. The minimum atomic E-state index is -0.529. The van der Waals surface area contributed by atoms with Crippen LogP contribution in [-0.4, -0.2) is 9.55 Å². The molecule has 1 heterocycles. The number of rotatable bonds is 1. The van der Waals surface area contributed by atoms with Crippen molar-refractivity contribution < 1.29 is 4.39 Å². The van der Waals surface area contributed by atoms with Gasteiger partial charge in [0.25, 0.3) is 0 Å². The van der Waals surface area contributed by atoms with Crippen molar-refractivity contribution in [3.63, 3.8) is 0 Å². The Morgan fingerprint density at radius 2 is 2.21 bits per heavy atom. The van der Waals surface area contributed by atoms with Gasteiger partial charge in [-0.15, -0.1) is 0 Å². The van der Waals surface area contributed by atoms with Gasteiger partial charge in [0.05, 0.1) is 5.69 Å². The maximum Gasteiger partial charge on any atom is 0.330 e. The summed E-state index contributed by atoms with van der Waals surface area (Å²) in [5, 5.41) is 0.301. The molecule has 14 heavy (non-hydrogen) atoms. The molecule has 3 nitrogen and oxygen atoms in total. The molecule has 1 N–H and O–H groups in total. The molecule has 0 saturated carbocycles. The number of aromatic amines is 1. The topological polar surface area (TPSA) is 37.8 Å². The van der Waals surface area contributed by atoms with Crippen LogP contribution in [0.25, 0.3) is 5.69 Å². The molecule has 2 aromatic rings. The van der Waals surface area contributed by atoms with Crippen molar-refractivity contribution in [2.75, 3.05) is 0 Å². The summed E-state index contributed by atoms with van der Waals surface area (Å²) >= 11 is 5.58. The highest BCUT2D eigenvalue weighted by Crippen LogP contribution is 2.16. The van der Waals surface area contributed by atoms with Crippen LogP contribution >= 0.6 is 11.6 Å². The van der Waals surface area contributed by atoms with E-state index in [4.69, 9.17) is 11.6 Å². The Labute approximate surface area is 83.8 Å². The lowest BCUT2D eigenvalue weighted by Gasteiger charge is -2.02. The molecule has 0 saturated heterocycles. The fourth-order valence-electron chi connectivity index (χ4n) is 1.19. The molecule has 0 unspecified atom stereocenters. The Morgan fingerprint density at radius 3 is 2.79 bits per heavy atom. The van der Waals surface area contributed by atoms with Gasteiger partial charge in [-0.05, 0) is 18.2 Å². The quantitative estimate of drug-likeness (QED) is 0.771. The summed E-state index contributed by atoms with van der Waals surface area (Å²) in [6.07, 6.45) is 2.89. The van der Waals surface area contributed by atoms with Crippen LogP contribution in [0.15, 0.2) is 35.4 Å². The number of nitrogens with one attached hydrogen (secondary N) is 1. The number of benzene rings is 1. The molecule has 1 aromatic heterocycles. The Balaban J connectivity index is 2.63. The molecule has 0 aliphatic heterocycles. The summed E-state index contributed by atoms with van der Waals surface area (Å²) in [5.41, 5.74) is -0.202. The third-order valence-corrected chi connectivity index (χ3v) is 2.05. The van der Waals surface area contributed by atoms with Crippen molar-refractivity contribution >= 4 is 11.6 Å². The van der Waals surface area contributed by atoms with Gasteiger partial charge in [-0.25, -0.2) is 9.18 Å². The van der Waals surface area contributed by atoms with Crippen LogP contribution in [0.5, 0.6) is 0 Å². The largest absolute Gasteiger partial charge is 0.330 e. The van der Waals surface area contributed by atoms with E-state index in [0.717, 1.165) is 6.07 Å². The monoisotopic (exact) mass is 212 g/mol. The highest BCUT2D eigenvalue weighted by Gasteiger charge is 2.06. The zero-order chi connectivity index (χ0) is 10.1. The molecular formula is C9H6ClFN2O. The van der Waals surface area contributed by atoms with Gasteiger partial charge >= 0.3 is 5.69 Å². The lowest BCUT2D eigenvalue weighted by atomic mass is 10.3. The average Bonchev–Trinajstić information content (AvgIpc) is 2.52. The van der Waals surface area contributed by atoms with Gasteiger partial charge in [0.15, 0.2) is 0 Å². The van der Waals surface area contributed by atoms with Crippen molar-refractivity contribution in [1.29, 1.82) is 0 Å². The van der Waals surface area contributed by atoms with E-state index in [-0.39, 0.29) is 11.4 Å². The fraction of sp³-hybridized carbons (Fsp3) is 0. The first-order chi connectivity index (χ1) is 6.68. The first kappa shape index (κ1) is 9.02. The molecule has 0 fully saturated rings. The maximum atomic E-state index is 13.3. The van der Waals surface area contributed by atoms with Crippen molar-refractivity contribution in [3.05, 3.63) is 51.9 Å². The number of H-pyrrole nitrogens is 1. The maximum absolute atomic E-state index is 13.3. The summed E-state index contributed by atoms with van der Waals surface area (Å²) in [5.74, 6) is -0.529. The van der Waals surface area contributed by atoms with Crippen LogP contribution in [0.2, 0.25) is 5.02 Å². The second-order valence-electron chi connectivity index (χ2n) is 2.73. The Morgan fingerprint density at radius 1 is 1.43 bits per heavy atom. The normalized spacial score (nSPS) is 10.4. The molecule has 0 amide bonds. The minimum absolute atomic E-state index is 0.181. The van der Waals surface area contributed by atoms with Gasteiger partial charge in [-0.3, -0.25) is 4.57 Å². The van der Waals surface area contributed by atoms with Crippen LogP contribution in [-0.2, 0) is 0 Å².